The van der Waals surface area contributed by atoms with Crippen molar-refractivity contribution >= 4 is 0 Å². The zero-order valence-electron chi connectivity index (χ0n) is 11.8. The molecule has 1 aromatic carbocycles. The number of rotatable bonds is 2. The highest BCUT2D eigenvalue weighted by atomic mass is 19.1. The Balaban J connectivity index is 1.89. The van der Waals surface area contributed by atoms with Crippen LogP contribution in [-0.4, -0.2) is 10.4 Å². The van der Waals surface area contributed by atoms with Gasteiger partial charge in [0.25, 0.3) is 0 Å². The first-order chi connectivity index (χ1) is 9.06. The minimum Gasteiger partial charge on any atom is -0.365 e. The van der Waals surface area contributed by atoms with Crippen LogP contribution in [0.25, 0.3) is 0 Å². The molecule has 0 N–H and O–H groups in total. The van der Waals surface area contributed by atoms with Crippen LogP contribution in [0, 0.1) is 5.82 Å². The van der Waals surface area contributed by atoms with E-state index < -0.39 is 0 Å². The summed E-state index contributed by atoms with van der Waals surface area (Å²) in [4.78, 5) is 2.51. The van der Waals surface area contributed by atoms with Crippen LogP contribution in [0.3, 0.4) is 0 Å². The molecule has 1 saturated heterocycles. The lowest BCUT2D eigenvalue weighted by Crippen LogP contribution is -2.36. The Morgan fingerprint density at radius 2 is 1.89 bits per heavy atom. The van der Waals surface area contributed by atoms with E-state index in [0.29, 0.717) is 6.04 Å². The molecule has 1 aromatic rings. The van der Waals surface area contributed by atoms with E-state index in [4.69, 9.17) is 0 Å². The third-order valence-electron chi connectivity index (χ3n) is 4.64. The molecule has 102 valence electrons. The lowest BCUT2D eigenvalue weighted by molar-refractivity contribution is 0.197. The molecule has 0 radical (unpaired) electrons. The summed E-state index contributed by atoms with van der Waals surface area (Å²) in [6, 6.07) is 7.44. The molecule has 0 aromatic heterocycles. The number of hydrogen-bond acceptors (Lipinski definition) is 1. The predicted octanol–water partition coefficient (Wildman–Crippen LogP) is 4.81. The van der Waals surface area contributed by atoms with Crippen molar-refractivity contribution < 1.29 is 4.39 Å². The van der Waals surface area contributed by atoms with Crippen LogP contribution in [0.2, 0.25) is 0 Å². The maximum atomic E-state index is 13.1. The van der Waals surface area contributed by atoms with Gasteiger partial charge in [0.1, 0.15) is 5.82 Å². The fourth-order valence-electron chi connectivity index (χ4n) is 3.16. The number of allylic oxidation sites excluding steroid dienone is 1. The Hall–Kier alpha value is -1.31. The van der Waals surface area contributed by atoms with Crippen LogP contribution in [0.5, 0.6) is 0 Å². The van der Waals surface area contributed by atoms with Gasteiger partial charge in [-0.1, -0.05) is 17.7 Å². The van der Waals surface area contributed by atoms with Crippen molar-refractivity contribution in [2.45, 2.75) is 57.5 Å². The van der Waals surface area contributed by atoms with E-state index in [1.165, 1.54) is 31.2 Å². The third kappa shape index (κ3) is 2.41. The largest absolute Gasteiger partial charge is 0.365 e. The Labute approximate surface area is 115 Å². The molecule has 2 fully saturated rings. The zero-order valence-corrected chi connectivity index (χ0v) is 11.8. The van der Waals surface area contributed by atoms with Crippen molar-refractivity contribution in [1.29, 1.82) is 0 Å². The zero-order chi connectivity index (χ0) is 13.5. The minimum atomic E-state index is -0.148. The number of likely N-dealkylation sites (tertiary alicyclic amines) is 1. The molecule has 2 heteroatoms. The van der Waals surface area contributed by atoms with Gasteiger partial charge in [-0.15, -0.1) is 0 Å². The Bertz CT molecular complexity index is 480. The number of hydrogen-bond donors (Lipinski definition) is 0. The number of benzene rings is 1. The number of halogens is 1. The molecule has 1 aliphatic heterocycles. The van der Waals surface area contributed by atoms with Gasteiger partial charge in [-0.3, -0.25) is 0 Å². The van der Waals surface area contributed by atoms with E-state index in [-0.39, 0.29) is 11.4 Å². The quantitative estimate of drug-likeness (QED) is 0.736. The fraction of sp³-hybridized carbons (Fsp3) is 0.529. The Morgan fingerprint density at radius 3 is 2.47 bits per heavy atom. The van der Waals surface area contributed by atoms with Gasteiger partial charge >= 0.3 is 0 Å². The Kier molecular flexibility index (Phi) is 3.12. The van der Waals surface area contributed by atoms with Gasteiger partial charge in [0.15, 0.2) is 0 Å². The first-order valence-corrected chi connectivity index (χ1v) is 7.30. The van der Waals surface area contributed by atoms with Gasteiger partial charge < -0.3 is 4.90 Å². The second-order valence-electron chi connectivity index (χ2n) is 6.47. The first-order valence-electron chi connectivity index (χ1n) is 7.30. The highest BCUT2D eigenvalue weighted by Crippen LogP contribution is 2.44. The summed E-state index contributed by atoms with van der Waals surface area (Å²) < 4.78 is 13.1. The lowest BCUT2D eigenvalue weighted by atomic mass is 9.92. The van der Waals surface area contributed by atoms with Crippen LogP contribution >= 0.6 is 0 Å². The molecule has 1 atom stereocenters. The van der Waals surface area contributed by atoms with Crippen molar-refractivity contribution in [2.75, 3.05) is 0 Å². The summed E-state index contributed by atoms with van der Waals surface area (Å²) in [6.45, 7) is 4.62. The molecule has 0 spiro atoms. The van der Waals surface area contributed by atoms with Crippen molar-refractivity contribution in [3.63, 3.8) is 0 Å². The standard InChI is InChI=1S/C17H22FN/c1-17(2)11-10-16(14-6-8-15(18)9-7-14)19(17)12-13-4-3-5-13/h6-9,12,16H,3-5,10-11H2,1-2H3. The van der Waals surface area contributed by atoms with E-state index in [1.54, 1.807) is 17.7 Å². The monoisotopic (exact) mass is 259 g/mol. The topological polar surface area (TPSA) is 3.24 Å². The second-order valence-corrected chi connectivity index (χ2v) is 6.47. The molecule has 1 unspecified atom stereocenters. The SMILES string of the molecule is CC1(C)CCC(c2ccc(F)cc2)N1C=C1CCC1. The molecule has 0 amide bonds. The maximum Gasteiger partial charge on any atom is 0.123 e. The molecular weight excluding hydrogens is 237 g/mol. The average molecular weight is 259 g/mol. The first kappa shape index (κ1) is 12.7. The van der Waals surface area contributed by atoms with Gasteiger partial charge in [-0.2, -0.15) is 0 Å². The summed E-state index contributed by atoms with van der Waals surface area (Å²) in [5, 5.41) is 0. The minimum absolute atomic E-state index is 0.148. The molecule has 1 saturated carbocycles. The highest BCUT2D eigenvalue weighted by Gasteiger charge is 2.38. The molecule has 3 rings (SSSR count). The van der Waals surface area contributed by atoms with Crippen LogP contribution in [0.4, 0.5) is 4.39 Å². The van der Waals surface area contributed by atoms with E-state index in [2.05, 4.69) is 24.9 Å². The van der Waals surface area contributed by atoms with Crippen LogP contribution in [0.15, 0.2) is 36.0 Å². The average Bonchev–Trinajstić information content (AvgIpc) is 2.61. The summed E-state index contributed by atoms with van der Waals surface area (Å²) >= 11 is 0. The molecule has 1 heterocycles. The van der Waals surface area contributed by atoms with Crippen LogP contribution < -0.4 is 0 Å². The van der Waals surface area contributed by atoms with Gasteiger partial charge in [-0.25, -0.2) is 4.39 Å². The molecule has 1 nitrogen and oxygen atoms in total. The predicted molar refractivity (Wildman–Crippen MR) is 76.2 cm³/mol. The van der Waals surface area contributed by atoms with Crippen molar-refractivity contribution in [2.24, 2.45) is 0 Å². The van der Waals surface area contributed by atoms with E-state index >= 15 is 0 Å². The fourth-order valence-corrected chi connectivity index (χ4v) is 3.16. The second kappa shape index (κ2) is 4.66. The van der Waals surface area contributed by atoms with Crippen molar-refractivity contribution in [3.05, 3.63) is 47.4 Å². The van der Waals surface area contributed by atoms with Crippen molar-refractivity contribution in [3.8, 4) is 0 Å². The van der Waals surface area contributed by atoms with Gasteiger partial charge in [0.2, 0.25) is 0 Å². The maximum absolute atomic E-state index is 13.1. The summed E-state index contributed by atoms with van der Waals surface area (Å²) in [5.74, 6) is -0.148. The summed E-state index contributed by atoms with van der Waals surface area (Å²) in [5.41, 5.74) is 3.02. The van der Waals surface area contributed by atoms with Crippen LogP contribution in [-0.2, 0) is 0 Å². The summed E-state index contributed by atoms with van der Waals surface area (Å²) in [7, 11) is 0. The molecule has 0 bridgehead atoms. The number of nitrogens with zero attached hydrogens (tertiary/aromatic N) is 1. The van der Waals surface area contributed by atoms with E-state index in [0.717, 1.165) is 6.42 Å². The Morgan fingerprint density at radius 1 is 1.21 bits per heavy atom. The molecule has 2 aliphatic rings. The van der Waals surface area contributed by atoms with Gasteiger partial charge in [-0.05, 0) is 69.8 Å². The molecular formula is C17H22FN. The van der Waals surface area contributed by atoms with Crippen LogP contribution in [0.1, 0.15) is 57.6 Å². The third-order valence-corrected chi connectivity index (χ3v) is 4.64. The normalized spacial score (nSPS) is 25.3. The van der Waals surface area contributed by atoms with Gasteiger partial charge in [0, 0.05) is 5.54 Å². The highest BCUT2D eigenvalue weighted by molar-refractivity contribution is 5.24. The molecule has 19 heavy (non-hydrogen) atoms. The van der Waals surface area contributed by atoms with E-state index in [9.17, 15) is 4.39 Å². The molecule has 1 aliphatic carbocycles. The van der Waals surface area contributed by atoms with Gasteiger partial charge in [0.05, 0.1) is 6.04 Å². The smallest absolute Gasteiger partial charge is 0.123 e. The lowest BCUT2D eigenvalue weighted by Gasteiger charge is -2.37. The summed E-state index contributed by atoms with van der Waals surface area (Å²) in [6.07, 6.45) is 8.57. The van der Waals surface area contributed by atoms with E-state index in [1.807, 2.05) is 12.1 Å². The van der Waals surface area contributed by atoms with Crippen molar-refractivity contribution in [1.82, 2.24) is 4.90 Å².